The predicted octanol–water partition coefficient (Wildman–Crippen LogP) is 7.70. The number of alkyl halides is 8. The maximum absolute atomic E-state index is 15.5. The monoisotopic (exact) mass is 1230 g/mol. The Morgan fingerprint density at radius 1 is 0.950 bits per heavy atom. The third kappa shape index (κ3) is 15.3. The van der Waals surface area contributed by atoms with E-state index in [0.717, 1.165) is 37.6 Å². The molecule has 0 spiro atoms. The van der Waals surface area contributed by atoms with E-state index in [1.165, 1.54) is 26.0 Å². The summed E-state index contributed by atoms with van der Waals surface area (Å²) in [6.45, 7) is -2.96. The van der Waals surface area contributed by atoms with Crippen LogP contribution in [-0.2, 0) is 82.9 Å². The molecule has 4 amide bonds. The van der Waals surface area contributed by atoms with E-state index in [0.29, 0.717) is 17.2 Å². The molecule has 1 atom stereocenters. The van der Waals surface area contributed by atoms with Crippen molar-refractivity contribution in [1.29, 1.82) is 0 Å². The lowest BCUT2D eigenvalue weighted by atomic mass is 9.92. The highest BCUT2D eigenvalue weighted by atomic mass is 35.5. The van der Waals surface area contributed by atoms with Gasteiger partial charge in [-0.3, -0.25) is 19.1 Å². The SMILES string of the molecule is CN(CCNC(=O)OCOP(=O)(O)O)C(=O)N(c1nn(CC(F)(F)F)c2c(-c3ccc(CCC(C)(C)S(C)(=O)=O)nc3[C@H](Cc3cc(F)cc(F)c3)NC(=O)Cn3nc(C(F)(F)F)c4c3C(F)(F)CCC4)ccc(Cl)c12)S(C)(=O)=O. The fourth-order valence-corrected chi connectivity index (χ4v) is 10.2. The van der Waals surface area contributed by atoms with Crippen LogP contribution in [0, 0.1) is 11.6 Å². The Balaban J connectivity index is 1.56. The van der Waals surface area contributed by atoms with Gasteiger partial charge < -0.3 is 30.1 Å². The zero-order valence-corrected chi connectivity index (χ0v) is 45.7. The average Bonchev–Trinajstić information content (AvgIpc) is 3.85. The van der Waals surface area contributed by atoms with Crippen LogP contribution in [0.25, 0.3) is 22.0 Å². The van der Waals surface area contributed by atoms with Crippen molar-refractivity contribution >= 4 is 74.0 Å². The van der Waals surface area contributed by atoms with Crippen molar-refractivity contribution in [2.24, 2.45) is 0 Å². The second-order valence-electron chi connectivity index (χ2n) is 19.0. The number of nitrogens with zero attached hydrogens (tertiary/aromatic N) is 7. The molecular weight excluding hydrogens is 1180 g/mol. The molecule has 0 unspecified atom stereocenters. The number of ether oxygens (including phenoxy) is 1. The summed E-state index contributed by atoms with van der Waals surface area (Å²) in [6, 6.07) is 3.35. The smallest absolute Gasteiger partial charge is 0.422 e. The first-order valence-corrected chi connectivity index (χ1v) is 28.9. The van der Waals surface area contributed by atoms with Crippen LogP contribution in [0.1, 0.15) is 73.1 Å². The minimum Gasteiger partial charge on any atom is -0.422 e. The molecule has 3 aromatic heterocycles. The molecule has 0 bridgehead atoms. The van der Waals surface area contributed by atoms with Crippen LogP contribution in [-0.4, -0.2) is 124 Å². The number of likely N-dealkylation sites (N-methyl/N-ethyl adjacent to an activating group) is 1. The molecule has 1 aliphatic rings. The Morgan fingerprint density at radius 3 is 2.17 bits per heavy atom. The number of carbonyl (C=O) groups is 3. The Kier molecular flexibility index (Phi) is 18.4. The lowest BCUT2D eigenvalue weighted by Crippen LogP contribution is -2.47. The number of pyridine rings is 1. The molecule has 35 heteroatoms. The molecular formula is C45H49ClF10N9O12PS2. The number of halogens is 11. The number of hydrogen-bond donors (Lipinski definition) is 4. The normalized spacial score (nSPS) is 14.6. The van der Waals surface area contributed by atoms with Gasteiger partial charge in [0.1, 0.15) is 30.4 Å². The van der Waals surface area contributed by atoms with Gasteiger partial charge in [-0.1, -0.05) is 23.7 Å². The van der Waals surface area contributed by atoms with Crippen LogP contribution in [0.3, 0.4) is 0 Å². The number of carbonyl (C=O) groups excluding carboxylic acids is 3. The number of amides is 4. The van der Waals surface area contributed by atoms with E-state index in [9.17, 15) is 70.9 Å². The van der Waals surface area contributed by atoms with Crippen molar-refractivity contribution in [2.45, 2.75) is 94.5 Å². The lowest BCUT2D eigenvalue weighted by molar-refractivity contribution is -0.143. The van der Waals surface area contributed by atoms with Crippen LogP contribution in [0.2, 0.25) is 5.02 Å². The van der Waals surface area contributed by atoms with Gasteiger partial charge in [0.05, 0.1) is 38.7 Å². The topological polar surface area (TPSA) is 275 Å². The van der Waals surface area contributed by atoms with Crippen LogP contribution < -0.4 is 14.9 Å². The molecule has 1 aliphatic carbocycles. The summed E-state index contributed by atoms with van der Waals surface area (Å²) in [7, 11) is -12.8. The summed E-state index contributed by atoms with van der Waals surface area (Å²) >= 11 is 6.68. The van der Waals surface area contributed by atoms with Gasteiger partial charge in [0.2, 0.25) is 22.7 Å². The molecule has 5 aromatic rings. The largest absolute Gasteiger partial charge is 0.472 e. The molecule has 3 heterocycles. The number of alkyl carbamates (subject to hydrolysis) is 1. The number of benzene rings is 2. The van der Waals surface area contributed by atoms with Gasteiger partial charge in [0, 0.05) is 61.3 Å². The number of phosphoric acid groups is 1. The summed E-state index contributed by atoms with van der Waals surface area (Å²) < 4.78 is 218. The summed E-state index contributed by atoms with van der Waals surface area (Å²) in [5, 5.41) is 10.6. The second-order valence-corrected chi connectivity index (χ2v) is 25.1. The highest BCUT2D eigenvalue weighted by Gasteiger charge is 2.48. The standard InChI is InChI=1S/C45H49ClF10N9O12PS2/c1-42(2,79(4,72)73)14-12-27-8-9-28(35(58-27)32(19-24-17-25(47)20-26(48)18-24)59-33(66)21-63-38-30(7-6-13-43(38,49)50)37(60-63)45(54,55)56)29-10-11-31(46)34-36(29)64(22-44(51,52)53)61-39(34)65(80(5,74)75)41(68)62(3)16-15-57-40(67)76-23-77-78(69,70)71/h8-11,17-18,20,32H,6-7,12-16,19,21-23H2,1-5H3,(H,57,67)(H,59,66)(H2,69,70,71)/t32-/m0/s1. The molecule has 2 aromatic carbocycles. The van der Waals surface area contributed by atoms with E-state index in [1.807, 2.05) is 0 Å². The summed E-state index contributed by atoms with van der Waals surface area (Å²) in [5.74, 6) is -8.64. The quantitative estimate of drug-likeness (QED) is 0.0330. The number of urea groups is 1. The lowest BCUT2D eigenvalue weighted by Gasteiger charge is -2.26. The van der Waals surface area contributed by atoms with Crippen molar-refractivity contribution < 1.29 is 98.7 Å². The first kappa shape index (κ1) is 63.1. The van der Waals surface area contributed by atoms with Gasteiger partial charge in [-0.15, -0.1) is 0 Å². The Labute approximate surface area is 453 Å². The van der Waals surface area contributed by atoms with Gasteiger partial charge in [0.25, 0.3) is 5.92 Å². The fourth-order valence-electron chi connectivity index (χ4n) is 8.48. The van der Waals surface area contributed by atoms with Gasteiger partial charge >= 0.3 is 32.3 Å². The van der Waals surface area contributed by atoms with Crippen LogP contribution in [0.5, 0.6) is 0 Å². The number of aryl methyl sites for hydroxylation is 1. The molecule has 0 saturated heterocycles. The zero-order valence-electron chi connectivity index (χ0n) is 42.4. The number of sulfone groups is 1. The highest BCUT2D eigenvalue weighted by molar-refractivity contribution is 7.93. The minimum absolute atomic E-state index is 0.00422. The average molecular weight is 1230 g/mol. The van der Waals surface area contributed by atoms with Crippen LogP contribution in [0.15, 0.2) is 42.5 Å². The predicted molar refractivity (Wildman–Crippen MR) is 264 cm³/mol. The Bertz CT molecular complexity index is 3470. The van der Waals surface area contributed by atoms with Crippen molar-refractivity contribution in [3.05, 3.63) is 93.0 Å². The number of nitrogens with one attached hydrogen (secondary N) is 2. The van der Waals surface area contributed by atoms with Crippen molar-refractivity contribution in [2.75, 3.05) is 43.7 Å². The van der Waals surface area contributed by atoms with Gasteiger partial charge in [0.15, 0.2) is 21.3 Å². The number of hydrogen-bond acceptors (Lipinski definition) is 13. The van der Waals surface area contributed by atoms with E-state index >= 15 is 8.78 Å². The third-order valence-electron chi connectivity index (χ3n) is 12.5. The van der Waals surface area contributed by atoms with E-state index in [2.05, 4.69) is 35.1 Å². The summed E-state index contributed by atoms with van der Waals surface area (Å²) in [5.41, 5.74) is -5.83. The summed E-state index contributed by atoms with van der Waals surface area (Å²) in [4.78, 5) is 63.3. The minimum atomic E-state index is -5.26. The maximum Gasteiger partial charge on any atom is 0.472 e. The maximum atomic E-state index is 15.5. The molecule has 440 valence electrons. The molecule has 0 aliphatic heterocycles. The van der Waals surface area contributed by atoms with E-state index in [4.69, 9.17) is 21.4 Å². The number of aromatic nitrogens is 5. The molecule has 0 radical (unpaired) electrons. The zero-order chi connectivity index (χ0) is 59.9. The van der Waals surface area contributed by atoms with Crippen molar-refractivity contribution in [3.63, 3.8) is 0 Å². The first-order chi connectivity index (χ1) is 36.7. The molecule has 0 fully saturated rings. The molecule has 80 heavy (non-hydrogen) atoms. The second kappa shape index (κ2) is 23.4. The number of rotatable bonds is 20. The Hall–Kier alpha value is -6.12. The fraction of sp³-hybridized carbons (Fsp3) is 0.467. The molecule has 0 saturated carbocycles. The number of fused-ring (bicyclic) bond motifs is 2. The summed E-state index contributed by atoms with van der Waals surface area (Å²) in [6.07, 6.45) is -13.2. The van der Waals surface area contributed by atoms with E-state index in [1.54, 1.807) is 0 Å². The first-order valence-electron chi connectivity index (χ1n) is 23.3. The number of anilines is 1. The van der Waals surface area contributed by atoms with Crippen LogP contribution in [0.4, 0.5) is 59.3 Å². The van der Waals surface area contributed by atoms with E-state index in [-0.39, 0.29) is 49.8 Å². The van der Waals surface area contributed by atoms with E-state index < -0.39 is 189 Å². The molecule has 6 rings (SSSR count). The molecule has 4 N–H and O–H groups in total. The number of phosphoric ester groups is 1. The van der Waals surface area contributed by atoms with Crippen molar-refractivity contribution in [1.82, 2.24) is 40.1 Å². The number of sulfonamides is 1. The Morgan fingerprint density at radius 2 is 1.59 bits per heavy atom. The third-order valence-corrected chi connectivity index (χ3v) is 16.4. The highest BCUT2D eigenvalue weighted by Crippen LogP contribution is 2.46. The van der Waals surface area contributed by atoms with Gasteiger partial charge in [-0.05, 0) is 75.8 Å². The molecule has 21 nitrogen and oxygen atoms in total. The van der Waals surface area contributed by atoms with Gasteiger partial charge in [-0.2, -0.15) is 49.6 Å². The van der Waals surface area contributed by atoms with Gasteiger partial charge in [-0.25, -0.2) is 44.3 Å². The van der Waals surface area contributed by atoms with Crippen molar-refractivity contribution in [3.8, 4) is 11.1 Å². The van der Waals surface area contributed by atoms with Crippen LogP contribution >= 0.6 is 19.4 Å².